The van der Waals surface area contributed by atoms with Crippen LogP contribution >= 0.6 is 11.3 Å². The summed E-state index contributed by atoms with van der Waals surface area (Å²) < 4.78 is 0. The standard InChI is InChI=1S/C20H31NOS/c1-13-5-8-16(9-6-13)21-19(22)18-12-14-11-15(20(2,3)4)7-10-17(14)23-18/h12-13,15-16H,5-11H2,1-4H3,(H,21,22)/t13?,15-,16?/m0/s1. The molecule has 2 aliphatic carbocycles. The van der Waals surface area contributed by atoms with Crippen LogP contribution in [0.4, 0.5) is 0 Å². The lowest BCUT2D eigenvalue weighted by Gasteiger charge is -2.33. The minimum Gasteiger partial charge on any atom is -0.349 e. The number of thiophene rings is 1. The molecule has 0 spiro atoms. The summed E-state index contributed by atoms with van der Waals surface area (Å²) in [6, 6.07) is 2.57. The van der Waals surface area contributed by atoms with Gasteiger partial charge in [-0.15, -0.1) is 11.3 Å². The number of hydrogen-bond donors (Lipinski definition) is 1. The van der Waals surface area contributed by atoms with Gasteiger partial charge in [-0.05, 0) is 73.8 Å². The Morgan fingerprint density at radius 3 is 2.52 bits per heavy atom. The van der Waals surface area contributed by atoms with Crippen molar-refractivity contribution >= 4 is 17.2 Å². The summed E-state index contributed by atoms with van der Waals surface area (Å²) in [6.45, 7) is 9.34. The van der Waals surface area contributed by atoms with Gasteiger partial charge in [-0.1, -0.05) is 27.7 Å². The molecule has 2 aliphatic rings. The van der Waals surface area contributed by atoms with Gasteiger partial charge in [0.05, 0.1) is 4.88 Å². The summed E-state index contributed by atoms with van der Waals surface area (Å²) in [6.07, 6.45) is 8.34. The first-order valence-electron chi connectivity index (χ1n) is 9.25. The molecule has 0 bridgehead atoms. The van der Waals surface area contributed by atoms with Gasteiger partial charge >= 0.3 is 0 Å². The van der Waals surface area contributed by atoms with Crippen molar-refractivity contribution in [2.45, 2.75) is 78.7 Å². The summed E-state index contributed by atoms with van der Waals surface area (Å²) in [5.74, 6) is 1.73. The molecule has 128 valence electrons. The van der Waals surface area contributed by atoms with Gasteiger partial charge in [0.1, 0.15) is 0 Å². The summed E-state index contributed by atoms with van der Waals surface area (Å²) in [5, 5.41) is 3.28. The lowest BCUT2D eigenvalue weighted by molar-refractivity contribution is 0.0927. The molecular weight excluding hydrogens is 302 g/mol. The van der Waals surface area contributed by atoms with E-state index in [1.54, 1.807) is 11.3 Å². The van der Waals surface area contributed by atoms with E-state index in [1.165, 1.54) is 29.7 Å². The highest BCUT2D eigenvalue weighted by molar-refractivity contribution is 7.14. The number of carbonyl (C=O) groups is 1. The molecule has 2 nitrogen and oxygen atoms in total. The Morgan fingerprint density at radius 2 is 1.87 bits per heavy atom. The van der Waals surface area contributed by atoms with Crippen LogP contribution in [0.3, 0.4) is 0 Å². The first-order chi connectivity index (χ1) is 10.8. The Balaban J connectivity index is 1.64. The molecule has 1 fully saturated rings. The Morgan fingerprint density at radius 1 is 1.17 bits per heavy atom. The number of nitrogens with one attached hydrogen (secondary N) is 1. The predicted molar refractivity (Wildman–Crippen MR) is 98.2 cm³/mol. The van der Waals surface area contributed by atoms with Gasteiger partial charge in [0.15, 0.2) is 0 Å². The van der Waals surface area contributed by atoms with Crippen molar-refractivity contribution in [1.29, 1.82) is 0 Å². The topological polar surface area (TPSA) is 29.1 Å². The molecule has 0 radical (unpaired) electrons. The zero-order chi connectivity index (χ0) is 16.6. The van der Waals surface area contributed by atoms with Crippen molar-refractivity contribution in [2.24, 2.45) is 17.3 Å². The molecule has 1 heterocycles. The van der Waals surface area contributed by atoms with Gasteiger partial charge in [-0.3, -0.25) is 4.79 Å². The van der Waals surface area contributed by atoms with E-state index in [9.17, 15) is 4.79 Å². The third kappa shape index (κ3) is 3.99. The highest BCUT2D eigenvalue weighted by Crippen LogP contribution is 2.40. The van der Waals surface area contributed by atoms with Gasteiger partial charge in [-0.25, -0.2) is 0 Å². The fourth-order valence-electron chi connectivity index (χ4n) is 4.04. The van der Waals surface area contributed by atoms with Crippen LogP contribution < -0.4 is 5.32 Å². The molecule has 1 N–H and O–H groups in total. The number of carbonyl (C=O) groups excluding carboxylic acids is 1. The lowest BCUT2D eigenvalue weighted by atomic mass is 9.72. The zero-order valence-electron chi connectivity index (χ0n) is 15.1. The number of fused-ring (bicyclic) bond motifs is 1. The second kappa shape index (κ2) is 6.58. The van der Waals surface area contributed by atoms with Gasteiger partial charge in [0, 0.05) is 10.9 Å². The smallest absolute Gasteiger partial charge is 0.261 e. The Hall–Kier alpha value is -0.830. The van der Waals surface area contributed by atoms with E-state index in [0.29, 0.717) is 11.5 Å². The predicted octanol–water partition coefficient (Wildman–Crippen LogP) is 5.21. The zero-order valence-corrected chi connectivity index (χ0v) is 15.9. The largest absolute Gasteiger partial charge is 0.349 e. The van der Waals surface area contributed by atoms with E-state index >= 15 is 0 Å². The maximum absolute atomic E-state index is 12.6. The quantitative estimate of drug-likeness (QED) is 0.791. The Kier molecular flexibility index (Phi) is 4.87. The van der Waals surface area contributed by atoms with Crippen LogP contribution in [-0.4, -0.2) is 11.9 Å². The average Bonchev–Trinajstić information content (AvgIpc) is 2.92. The Labute approximate surface area is 145 Å². The van der Waals surface area contributed by atoms with Crippen LogP contribution in [0.15, 0.2) is 6.07 Å². The van der Waals surface area contributed by atoms with Crippen molar-refractivity contribution in [1.82, 2.24) is 5.32 Å². The second-order valence-electron chi connectivity index (χ2n) is 8.80. The third-order valence-electron chi connectivity index (χ3n) is 5.88. The maximum Gasteiger partial charge on any atom is 0.261 e. The van der Waals surface area contributed by atoms with Crippen molar-refractivity contribution in [3.05, 3.63) is 21.4 Å². The number of amides is 1. The molecule has 1 aromatic heterocycles. The van der Waals surface area contributed by atoms with Crippen LogP contribution in [0.5, 0.6) is 0 Å². The van der Waals surface area contributed by atoms with Crippen LogP contribution in [0.25, 0.3) is 0 Å². The van der Waals surface area contributed by atoms with E-state index < -0.39 is 0 Å². The van der Waals surface area contributed by atoms with Crippen LogP contribution in [0.1, 0.15) is 79.9 Å². The molecule has 1 atom stereocenters. The molecular formula is C20H31NOS. The average molecular weight is 334 g/mol. The Bertz CT molecular complexity index is 561. The molecule has 3 heteroatoms. The number of hydrogen-bond acceptors (Lipinski definition) is 2. The van der Waals surface area contributed by atoms with Crippen molar-refractivity contribution in [3.8, 4) is 0 Å². The summed E-state index contributed by atoms with van der Waals surface area (Å²) in [7, 11) is 0. The SMILES string of the molecule is CC1CCC(NC(=O)c2cc3c(s2)CC[C@H](C(C)(C)C)C3)CC1. The molecule has 1 saturated carbocycles. The van der Waals surface area contributed by atoms with Gasteiger partial charge in [0.25, 0.3) is 5.91 Å². The third-order valence-corrected chi connectivity index (χ3v) is 7.12. The lowest BCUT2D eigenvalue weighted by Crippen LogP contribution is -2.36. The molecule has 0 unspecified atom stereocenters. The van der Waals surface area contributed by atoms with E-state index in [2.05, 4.69) is 39.1 Å². The fourth-order valence-corrected chi connectivity index (χ4v) is 5.15. The van der Waals surface area contributed by atoms with Crippen molar-refractivity contribution in [3.63, 3.8) is 0 Å². The van der Waals surface area contributed by atoms with E-state index in [0.717, 1.165) is 42.4 Å². The highest BCUT2D eigenvalue weighted by Gasteiger charge is 2.30. The van der Waals surface area contributed by atoms with Gasteiger partial charge in [-0.2, -0.15) is 0 Å². The molecule has 3 rings (SSSR count). The summed E-state index contributed by atoms with van der Waals surface area (Å²) in [4.78, 5) is 15.0. The van der Waals surface area contributed by atoms with Crippen LogP contribution in [0.2, 0.25) is 0 Å². The second-order valence-corrected chi connectivity index (χ2v) is 9.93. The fraction of sp³-hybridized carbons (Fsp3) is 0.750. The van der Waals surface area contributed by atoms with Gasteiger partial charge in [0.2, 0.25) is 0 Å². The molecule has 0 aromatic carbocycles. The first-order valence-corrected chi connectivity index (χ1v) is 10.1. The van der Waals surface area contributed by atoms with Crippen molar-refractivity contribution in [2.75, 3.05) is 0 Å². The van der Waals surface area contributed by atoms with Gasteiger partial charge < -0.3 is 5.32 Å². The molecule has 1 amide bonds. The number of rotatable bonds is 2. The molecule has 23 heavy (non-hydrogen) atoms. The summed E-state index contributed by atoms with van der Waals surface area (Å²) >= 11 is 1.73. The van der Waals surface area contributed by atoms with E-state index in [-0.39, 0.29) is 5.91 Å². The number of aryl methyl sites for hydroxylation is 1. The van der Waals surface area contributed by atoms with Crippen molar-refractivity contribution < 1.29 is 4.79 Å². The monoisotopic (exact) mass is 333 g/mol. The van der Waals surface area contributed by atoms with Crippen LogP contribution in [-0.2, 0) is 12.8 Å². The summed E-state index contributed by atoms with van der Waals surface area (Å²) in [5.41, 5.74) is 1.80. The minimum absolute atomic E-state index is 0.163. The normalized spacial score (nSPS) is 28.3. The van der Waals surface area contributed by atoms with Crippen LogP contribution in [0, 0.1) is 17.3 Å². The van der Waals surface area contributed by atoms with E-state index in [4.69, 9.17) is 0 Å². The maximum atomic E-state index is 12.6. The molecule has 0 saturated heterocycles. The molecule has 0 aliphatic heterocycles. The molecule has 1 aromatic rings. The highest BCUT2D eigenvalue weighted by atomic mass is 32.1. The first kappa shape index (κ1) is 17.0. The minimum atomic E-state index is 0.163. The van der Waals surface area contributed by atoms with E-state index in [1.807, 2.05) is 0 Å².